The lowest BCUT2D eigenvalue weighted by Crippen LogP contribution is -2.37. The summed E-state index contributed by atoms with van der Waals surface area (Å²) in [6.45, 7) is 4.03. The highest BCUT2D eigenvalue weighted by molar-refractivity contribution is 7.92. The first-order valence-corrected chi connectivity index (χ1v) is 11.3. The van der Waals surface area contributed by atoms with Crippen molar-refractivity contribution in [2.24, 2.45) is 0 Å². The summed E-state index contributed by atoms with van der Waals surface area (Å²) in [5.74, 6) is -1.75. The SMILES string of the molecule is Cc1ccc(OC[C@H](C)NC(=O)CCCN(c2ccc(F)c(F)c2)S(C)(=O)=O)cc1. The first-order chi connectivity index (χ1) is 14.1. The molecule has 1 N–H and O–H groups in total. The molecule has 0 aromatic heterocycles. The molecule has 0 aliphatic rings. The van der Waals surface area contributed by atoms with Gasteiger partial charge in [-0.25, -0.2) is 17.2 Å². The number of amides is 1. The Morgan fingerprint density at radius 2 is 1.80 bits per heavy atom. The van der Waals surface area contributed by atoms with Gasteiger partial charge in [0.25, 0.3) is 0 Å². The van der Waals surface area contributed by atoms with E-state index in [0.29, 0.717) is 12.4 Å². The lowest BCUT2D eigenvalue weighted by atomic mass is 10.2. The van der Waals surface area contributed by atoms with Crippen LogP contribution in [-0.4, -0.2) is 39.8 Å². The monoisotopic (exact) mass is 440 g/mol. The van der Waals surface area contributed by atoms with E-state index in [2.05, 4.69) is 5.32 Å². The predicted octanol–water partition coefficient (Wildman–Crippen LogP) is 3.40. The van der Waals surface area contributed by atoms with E-state index in [1.807, 2.05) is 31.2 Å². The van der Waals surface area contributed by atoms with Crippen LogP contribution in [0.5, 0.6) is 5.75 Å². The molecule has 0 heterocycles. The van der Waals surface area contributed by atoms with Crippen LogP contribution in [0.4, 0.5) is 14.5 Å². The second kappa shape index (κ2) is 10.4. The highest BCUT2D eigenvalue weighted by Gasteiger charge is 2.19. The van der Waals surface area contributed by atoms with Crippen molar-refractivity contribution in [2.75, 3.05) is 23.7 Å². The molecule has 164 valence electrons. The van der Waals surface area contributed by atoms with Crippen LogP contribution >= 0.6 is 0 Å². The summed E-state index contributed by atoms with van der Waals surface area (Å²) in [6, 6.07) is 10.2. The Morgan fingerprint density at radius 3 is 2.40 bits per heavy atom. The van der Waals surface area contributed by atoms with E-state index in [-0.39, 0.29) is 37.0 Å². The maximum absolute atomic E-state index is 13.5. The van der Waals surface area contributed by atoms with Crippen molar-refractivity contribution in [3.63, 3.8) is 0 Å². The molecule has 0 saturated carbocycles. The Hall–Kier alpha value is -2.68. The molecule has 1 atom stereocenters. The van der Waals surface area contributed by atoms with Crippen molar-refractivity contribution in [1.29, 1.82) is 0 Å². The maximum Gasteiger partial charge on any atom is 0.232 e. The molecule has 2 rings (SSSR count). The number of nitrogens with one attached hydrogen (secondary N) is 1. The number of aryl methyl sites for hydroxylation is 1. The molecule has 0 aliphatic heterocycles. The molecule has 1 amide bonds. The van der Waals surface area contributed by atoms with Crippen LogP contribution in [0, 0.1) is 18.6 Å². The molecule has 0 spiro atoms. The van der Waals surface area contributed by atoms with E-state index in [9.17, 15) is 22.0 Å². The first-order valence-electron chi connectivity index (χ1n) is 9.48. The van der Waals surface area contributed by atoms with Gasteiger partial charge in [-0.3, -0.25) is 9.10 Å². The van der Waals surface area contributed by atoms with Crippen LogP contribution in [0.2, 0.25) is 0 Å². The van der Waals surface area contributed by atoms with Gasteiger partial charge >= 0.3 is 0 Å². The summed E-state index contributed by atoms with van der Waals surface area (Å²) < 4.78 is 57.2. The Balaban J connectivity index is 1.83. The van der Waals surface area contributed by atoms with Gasteiger partial charge in [0.1, 0.15) is 12.4 Å². The molecule has 2 aromatic carbocycles. The van der Waals surface area contributed by atoms with Crippen molar-refractivity contribution in [3.8, 4) is 5.75 Å². The molecule has 30 heavy (non-hydrogen) atoms. The minimum atomic E-state index is -3.72. The van der Waals surface area contributed by atoms with Crippen molar-refractivity contribution < 1.29 is 26.7 Å². The topological polar surface area (TPSA) is 75.7 Å². The van der Waals surface area contributed by atoms with Gasteiger partial charge in [0.15, 0.2) is 11.6 Å². The number of carbonyl (C=O) groups is 1. The van der Waals surface area contributed by atoms with E-state index in [1.165, 1.54) is 6.07 Å². The minimum Gasteiger partial charge on any atom is -0.491 e. The third kappa shape index (κ3) is 7.29. The summed E-state index contributed by atoms with van der Waals surface area (Å²) in [7, 11) is -3.72. The number of hydrogen-bond acceptors (Lipinski definition) is 4. The van der Waals surface area contributed by atoms with E-state index < -0.39 is 21.7 Å². The number of anilines is 1. The standard InChI is InChI=1S/C21H26F2N2O4S/c1-15-6-9-18(10-7-15)29-14-16(2)24-21(26)5-4-12-25(30(3,27)28)17-8-11-19(22)20(23)13-17/h6-11,13,16H,4-5,12,14H2,1-3H3,(H,24,26)/t16-/m0/s1. The zero-order chi connectivity index (χ0) is 22.3. The van der Waals surface area contributed by atoms with Gasteiger partial charge in [0.2, 0.25) is 15.9 Å². The highest BCUT2D eigenvalue weighted by atomic mass is 32.2. The third-order valence-electron chi connectivity index (χ3n) is 4.28. The molecule has 0 radical (unpaired) electrons. The molecule has 2 aromatic rings. The number of rotatable bonds is 10. The Morgan fingerprint density at radius 1 is 1.13 bits per heavy atom. The van der Waals surface area contributed by atoms with Gasteiger partial charge in [-0.2, -0.15) is 0 Å². The van der Waals surface area contributed by atoms with Gasteiger partial charge in [-0.15, -0.1) is 0 Å². The van der Waals surface area contributed by atoms with Crippen LogP contribution in [-0.2, 0) is 14.8 Å². The van der Waals surface area contributed by atoms with Crippen molar-refractivity contribution in [1.82, 2.24) is 5.32 Å². The maximum atomic E-state index is 13.5. The Kier molecular flexibility index (Phi) is 8.16. The number of sulfonamides is 1. The molecule has 0 unspecified atom stereocenters. The van der Waals surface area contributed by atoms with Gasteiger partial charge in [-0.1, -0.05) is 17.7 Å². The number of hydrogen-bond donors (Lipinski definition) is 1. The van der Waals surface area contributed by atoms with Crippen molar-refractivity contribution in [3.05, 3.63) is 59.7 Å². The summed E-state index contributed by atoms with van der Waals surface area (Å²) in [5, 5.41) is 2.79. The number of ether oxygens (including phenoxy) is 1. The number of carbonyl (C=O) groups excluding carboxylic acids is 1. The zero-order valence-electron chi connectivity index (χ0n) is 17.2. The molecule has 9 heteroatoms. The van der Waals surface area contributed by atoms with E-state index in [4.69, 9.17) is 4.74 Å². The summed E-state index contributed by atoms with van der Waals surface area (Å²) >= 11 is 0. The second-order valence-electron chi connectivity index (χ2n) is 7.13. The molecule has 0 aliphatic carbocycles. The quantitative estimate of drug-likeness (QED) is 0.614. The van der Waals surface area contributed by atoms with Crippen LogP contribution in [0.25, 0.3) is 0 Å². The van der Waals surface area contributed by atoms with Gasteiger partial charge in [0, 0.05) is 19.0 Å². The Bertz CT molecular complexity index is 965. The summed E-state index contributed by atoms with van der Waals surface area (Å²) in [5.41, 5.74) is 1.13. The third-order valence-corrected chi connectivity index (χ3v) is 5.48. The van der Waals surface area contributed by atoms with Crippen LogP contribution in [0.1, 0.15) is 25.3 Å². The first kappa shape index (κ1) is 23.6. The largest absolute Gasteiger partial charge is 0.491 e. The molecule has 0 saturated heterocycles. The molecular formula is C21H26F2N2O4S. The second-order valence-corrected chi connectivity index (χ2v) is 9.04. The fourth-order valence-electron chi connectivity index (χ4n) is 2.75. The molecule has 0 fully saturated rings. The van der Waals surface area contributed by atoms with Crippen LogP contribution in [0.15, 0.2) is 42.5 Å². The van der Waals surface area contributed by atoms with E-state index in [1.54, 1.807) is 6.92 Å². The lowest BCUT2D eigenvalue weighted by Gasteiger charge is -2.22. The van der Waals surface area contributed by atoms with Gasteiger partial charge in [0.05, 0.1) is 18.0 Å². The van der Waals surface area contributed by atoms with E-state index >= 15 is 0 Å². The molecule has 0 bridgehead atoms. The summed E-state index contributed by atoms with van der Waals surface area (Å²) in [4.78, 5) is 12.1. The normalized spacial score (nSPS) is 12.3. The predicted molar refractivity (Wildman–Crippen MR) is 112 cm³/mol. The fourth-order valence-corrected chi connectivity index (χ4v) is 3.71. The fraction of sp³-hybridized carbons (Fsp3) is 0.381. The van der Waals surface area contributed by atoms with Gasteiger partial charge in [-0.05, 0) is 44.5 Å². The zero-order valence-corrected chi connectivity index (χ0v) is 18.0. The smallest absolute Gasteiger partial charge is 0.232 e. The number of nitrogens with zero attached hydrogens (tertiary/aromatic N) is 1. The molecule has 6 nitrogen and oxygen atoms in total. The molecular weight excluding hydrogens is 414 g/mol. The number of benzene rings is 2. The minimum absolute atomic E-state index is 0.0108. The van der Waals surface area contributed by atoms with Crippen LogP contribution in [0.3, 0.4) is 0 Å². The van der Waals surface area contributed by atoms with E-state index in [0.717, 1.165) is 28.3 Å². The summed E-state index contributed by atoms with van der Waals surface area (Å²) in [6.07, 6.45) is 1.26. The van der Waals surface area contributed by atoms with Gasteiger partial charge < -0.3 is 10.1 Å². The highest BCUT2D eigenvalue weighted by Crippen LogP contribution is 2.21. The Labute approximate surface area is 175 Å². The average molecular weight is 441 g/mol. The van der Waals surface area contributed by atoms with Crippen molar-refractivity contribution >= 4 is 21.6 Å². The number of halogens is 2. The van der Waals surface area contributed by atoms with Crippen LogP contribution < -0.4 is 14.4 Å². The van der Waals surface area contributed by atoms with Crippen molar-refractivity contribution in [2.45, 2.75) is 32.7 Å². The lowest BCUT2D eigenvalue weighted by molar-refractivity contribution is -0.121. The average Bonchev–Trinajstić information content (AvgIpc) is 2.66.